The lowest BCUT2D eigenvalue weighted by molar-refractivity contribution is 0.0171. The first-order valence-electron chi connectivity index (χ1n) is 9.23. The average molecular weight is 455 g/mol. The smallest absolute Gasteiger partial charge is 0.191 e. The van der Waals surface area contributed by atoms with Crippen LogP contribution in [0.3, 0.4) is 0 Å². The molecular formula is C18H38IN3O2. The zero-order valence-electron chi connectivity index (χ0n) is 16.0. The molecule has 0 amide bonds. The van der Waals surface area contributed by atoms with E-state index < -0.39 is 0 Å². The Bertz CT molecular complexity index is 327. The van der Waals surface area contributed by atoms with Crippen molar-refractivity contribution in [1.82, 2.24) is 10.6 Å². The highest BCUT2D eigenvalue weighted by atomic mass is 127. The highest BCUT2D eigenvalue weighted by Gasteiger charge is 2.14. The summed E-state index contributed by atoms with van der Waals surface area (Å²) in [5, 5.41) is 6.70. The zero-order valence-corrected chi connectivity index (χ0v) is 18.4. The number of hydrogen-bond donors (Lipinski definition) is 2. The van der Waals surface area contributed by atoms with Gasteiger partial charge in [-0.15, -0.1) is 24.0 Å². The molecule has 1 aliphatic rings. The van der Waals surface area contributed by atoms with Crippen molar-refractivity contribution in [3.05, 3.63) is 0 Å². The van der Waals surface area contributed by atoms with Crippen molar-refractivity contribution >= 4 is 29.9 Å². The Hall–Kier alpha value is -0.0800. The lowest BCUT2D eigenvalue weighted by atomic mass is 9.91. The maximum atomic E-state index is 5.66. The zero-order chi connectivity index (χ0) is 17.0. The second kappa shape index (κ2) is 14.1. The summed E-state index contributed by atoms with van der Waals surface area (Å²) in [6, 6.07) is 0. The van der Waals surface area contributed by atoms with Gasteiger partial charge in [-0.25, -0.2) is 0 Å². The van der Waals surface area contributed by atoms with Crippen LogP contribution >= 0.6 is 24.0 Å². The van der Waals surface area contributed by atoms with E-state index >= 15 is 0 Å². The Morgan fingerprint density at radius 3 is 2.67 bits per heavy atom. The van der Waals surface area contributed by atoms with Crippen molar-refractivity contribution in [2.75, 3.05) is 39.5 Å². The molecule has 0 aliphatic carbocycles. The van der Waals surface area contributed by atoms with Gasteiger partial charge in [-0.3, -0.25) is 4.99 Å². The van der Waals surface area contributed by atoms with E-state index in [0.717, 1.165) is 58.3 Å². The van der Waals surface area contributed by atoms with E-state index in [1.165, 1.54) is 19.3 Å². The number of guanidine groups is 1. The van der Waals surface area contributed by atoms with Gasteiger partial charge in [0.25, 0.3) is 0 Å². The normalized spacial score (nSPS) is 18.3. The predicted octanol–water partition coefficient (Wildman–Crippen LogP) is 3.57. The number of aliphatic imine (C=N–C) groups is 1. The number of rotatable bonds is 10. The molecule has 0 spiro atoms. The van der Waals surface area contributed by atoms with Gasteiger partial charge in [-0.05, 0) is 44.4 Å². The Morgan fingerprint density at radius 1 is 1.25 bits per heavy atom. The molecule has 6 heteroatoms. The van der Waals surface area contributed by atoms with Crippen LogP contribution in [0.4, 0.5) is 0 Å². The third-order valence-corrected chi connectivity index (χ3v) is 3.78. The van der Waals surface area contributed by atoms with Crippen molar-refractivity contribution in [2.24, 2.45) is 10.4 Å². The fraction of sp³-hybridized carbons (Fsp3) is 0.944. The van der Waals surface area contributed by atoms with E-state index in [-0.39, 0.29) is 24.0 Å². The number of hydrogen-bond acceptors (Lipinski definition) is 3. The third kappa shape index (κ3) is 13.2. The highest BCUT2D eigenvalue weighted by molar-refractivity contribution is 14.0. The van der Waals surface area contributed by atoms with Gasteiger partial charge in [0.05, 0.1) is 12.7 Å². The minimum Gasteiger partial charge on any atom is -0.379 e. The SMILES string of the molecule is CCNC(=NCCCOCC1CCCO1)NCCCC(C)(C)C.I. The topological polar surface area (TPSA) is 54.9 Å². The molecule has 0 aromatic rings. The first-order chi connectivity index (χ1) is 11.0. The standard InChI is InChI=1S/C18H37N3O2.HI/c1-5-19-17(20-11-7-10-18(2,3)4)21-12-8-13-22-15-16-9-6-14-23-16;/h16H,5-15H2,1-4H3,(H2,19,20,21);1H. The number of halogens is 1. The first kappa shape index (κ1) is 23.9. The van der Waals surface area contributed by atoms with Crippen LogP contribution in [0.25, 0.3) is 0 Å². The Labute approximate surface area is 165 Å². The van der Waals surface area contributed by atoms with Crippen molar-refractivity contribution < 1.29 is 9.47 Å². The molecule has 1 fully saturated rings. The van der Waals surface area contributed by atoms with Crippen molar-refractivity contribution in [3.63, 3.8) is 0 Å². The maximum Gasteiger partial charge on any atom is 0.191 e. The van der Waals surface area contributed by atoms with Crippen LogP contribution in [0, 0.1) is 5.41 Å². The molecular weight excluding hydrogens is 417 g/mol. The summed E-state index contributed by atoms with van der Waals surface area (Å²) >= 11 is 0. The van der Waals surface area contributed by atoms with Gasteiger partial charge in [-0.2, -0.15) is 0 Å². The van der Waals surface area contributed by atoms with E-state index in [0.29, 0.717) is 11.5 Å². The van der Waals surface area contributed by atoms with Crippen LogP contribution in [0.15, 0.2) is 4.99 Å². The van der Waals surface area contributed by atoms with E-state index in [1.807, 2.05) is 0 Å². The van der Waals surface area contributed by atoms with Crippen molar-refractivity contribution in [1.29, 1.82) is 0 Å². The van der Waals surface area contributed by atoms with Gasteiger partial charge in [0.2, 0.25) is 0 Å². The van der Waals surface area contributed by atoms with Crippen LogP contribution in [0.5, 0.6) is 0 Å². The van der Waals surface area contributed by atoms with E-state index in [9.17, 15) is 0 Å². The van der Waals surface area contributed by atoms with Crippen LogP contribution in [0.2, 0.25) is 0 Å². The molecule has 144 valence electrons. The molecule has 24 heavy (non-hydrogen) atoms. The summed E-state index contributed by atoms with van der Waals surface area (Å²) in [5.74, 6) is 0.917. The monoisotopic (exact) mass is 455 g/mol. The van der Waals surface area contributed by atoms with E-state index in [1.54, 1.807) is 0 Å². The molecule has 1 rings (SSSR count). The summed E-state index contributed by atoms with van der Waals surface area (Å²) in [6.07, 6.45) is 5.97. The lowest BCUT2D eigenvalue weighted by Crippen LogP contribution is -2.38. The predicted molar refractivity (Wildman–Crippen MR) is 112 cm³/mol. The fourth-order valence-corrected chi connectivity index (χ4v) is 2.52. The molecule has 0 saturated carbocycles. The summed E-state index contributed by atoms with van der Waals surface area (Å²) < 4.78 is 11.2. The van der Waals surface area contributed by atoms with Gasteiger partial charge in [0.1, 0.15) is 0 Å². The molecule has 1 heterocycles. The van der Waals surface area contributed by atoms with Crippen LogP contribution in [-0.4, -0.2) is 51.5 Å². The van der Waals surface area contributed by atoms with Gasteiger partial charge in [0, 0.05) is 32.8 Å². The average Bonchev–Trinajstić information content (AvgIpc) is 2.99. The van der Waals surface area contributed by atoms with Gasteiger partial charge in [-0.1, -0.05) is 20.8 Å². The number of nitrogens with zero attached hydrogens (tertiary/aromatic N) is 1. The first-order valence-corrected chi connectivity index (χ1v) is 9.23. The molecule has 1 unspecified atom stereocenters. The summed E-state index contributed by atoms with van der Waals surface area (Å²) in [4.78, 5) is 4.60. The Balaban J connectivity index is 0.00000529. The second-order valence-corrected chi connectivity index (χ2v) is 7.42. The molecule has 0 aromatic carbocycles. The van der Waals surface area contributed by atoms with Crippen LogP contribution in [0.1, 0.15) is 59.8 Å². The highest BCUT2D eigenvalue weighted by Crippen LogP contribution is 2.19. The molecule has 1 saturated heterocycles. The number of ether oxygens (including phenoxy) is 2. The minimum atomic E-state index is 0. The van der Waals surface area contributed by atoms with Crippen LogP contribution < -0.4 is 10.6 Å². The third-order valence-electron chi connectivity index (χ3n) is 3.78. The Kier molecular flexibility index (Phi) is 14.1. The molecule has 0 bridgehead atoms. The molecule has 1 atom stereocenters. The van der Waals surface area contributed by atoms with Crippen molar-refractivity contribution in [2.45, 2.75) is 65.9 Å². The van der Waals surface area contributed by atoms with Crippen molar-refractivity contribution in [3.8, 4) is 0 Å². The van der Waals surface area contributed by atoms with Gasteiger partial charge < -0.3 is 20.1 Å². The van der Waals surface area contributed by atoms with E-state index in [2.05, 4.69) is 43.3 Å². The summed E-state index contributed by atoms with van der Waals surface area (Å²) in [7, 11) is 0. The lowest BCUT2D eigenvalue weighted by Gasteiger charge is -2.18. The maximum absolute atomic E-state index is 5.66. The largest absolute Gasteiger partial charge is 0.379 e. The number of nitrogens with one attached hydrogen (secondary N) is 2. The summed E-state index contributed by atoms with van der Waals surface area (Å²) in [5.41, 5.74) is 0.400. The van der Waals surface area contributed by atoms with Gasteiger partial charge >= 0.3 is 0 Å². The molecule has 0 aromatic heterocycles. The fourth-order valence-electron chi connectivity index (χ4n) is 2.52. The van der Waals surface area contributed by atoms with E-state index in [4.69, 9.17) is 9.47 Å². The molecule has 0 radical (unpaired) electrons. The second-order valence-electron chi connectivity index (χ2n) is 7.42. The van der Waals surface area contributed by atoms with Crippen LogP contribution in [-0.2, 0) is 9.47 Å². The van der Waals surface area contributed by atoms with Gasteiger partial charge in [0.15, 0.2) is 5.96 Å². The molecule has 1 aliphatic heterocycles. The molecule has 2 N–H and O–H groups in total. The summed E-state index contributed by atoms with van der Waals surface area (Å²) in [6.45, 7) is 14.0. The Morgan fingerprint density at radius 2 is 2.04 bits per heavy atom. The quantitative estimate of drug-likeness (QED) is 0.229. The minimum absolute atomic E-state index is 0. The molecule has 5 nitrogen and oxygen atoms in total.